The summed E-state index contributed by atoms with van der Waals surface area (Å²) in [6, 6.07) is 5.73. The van der Waals surface area contributed by atoms with E-state index >= 15 is 0 Å². The minimum Gasteiger partial charge on any atom is -0.492 e. The van der Waals surface area contributed by atoms with Gasteiger partial charge in [0.25, 0.3) is 0 Å². The van der Waals surface area contributed by atoms with E-state index in [1.165, 1.54) is 6.42 Å². The van der Waals surface area contributed by atoms with Crippen molar-refractivity contribution in [1.29, 1.82) is 0 Å². The molecule has 2 N–H and O–H groups in total. The van der Waals surface area contributed by atoms with Crippen LogP contribution in [0.2, 0.25) is 0 Å². The second-order valence-corrected chi connectivity index (χ2v) is 5.36. The van der Waals surface area contributed by atoms with Crippen LogP contribution in [0.5, 0.6) is 5.75 Å². The highest BCUT2D eigenvalue weighted by Crippen LogP contribution is 2.28. The lowest BCUT2D eigenvalue weighted by Crippen LogP contribution is -2.18. The third-order valence-electron chi connectivity index (χ3n) is 3.66. The van der Waals surface area contributed by atoms with Crippen LogP contribution in [-0.2, 0) is 13.0 Å². The van der Waals surface area contributed by atoms with Crippen molar-refractivity contribution in [3.63, 3.8) is 0 Å². The van der Waals surface area contributed by atoms with E-state index in [4.69, 9.17) is 10.5 Å². The monoisotopic (exact) mass is 272 g/mol. The van der Waals surface area contributed by atoms with Gasteiger partial charge in [0.05, 0.1) is 12.3 Å². The van der Waals surface area contributed by atoms with Crippen LogP contribution < -0.4 is 10.5 Å². The van der Waals surface area contributed by atoms with Crippen molar-refractivity contribution in [1.82, 2.24) is 14.8 Å². The molecule has 1 aliphatic heterocycles. The van der Waals surface area contributed by atoms with E-state index in [1.807, 2.05) is 29.8 Å². The number of hydrogen-bond acceptors (Lipinski definition) is 4. The summed E-state index contributed by atoms with van der Waals surface area (Å²) < 4.78 is 7.48. The van der Waals surface area contributed by atoms with E-state index in [-0.39, 0.29) is 0 Å². The Hall–Kier alpha value is -2.04. The molecule has 5 heteroatoms. The Balaban J connectivity index is 1.91. The maximum Gasteiger partial charge on any atom is 0.181 e. The molecule has 20 heavy (non-hydrogen) atoms. The number of nitrogens with zero attached hydrogens (tertiary/aromatic N) is 3. The van der Waals surface area contributed by atoms with Gasteiger partial charge in [-0.3, -0.25) is 0 Å². The van der Waals surface area contributed by atoms with E-state index in [0.29, 0.717) is 24.0 Å². The van der Waals surface area contributed by atoms with Gasteiger partial charge in [-0.15, -0.1) is 0 Å². The van der Waals surface area contributed by atoms with Crippen LogP contribution in [0, 0.1) is 5.92 Å². The molecule has 5 nitrogen and oxygen atoms in total. The maximum atomic E-state index is 6.00. The van der Waals surface area contributed by atoms with Crippen molar-refractivity contribution in [2.24, 2.45) is 5.92 Å². The lowest BCUT2D eigenvalue weighted by atomic mass is 10.0. The zero-order valence-electron chi connectivity index (χ0n) is 12.0. The van der Waals surface area contributed by atoms with Crippen LogP contribution >= 0.6 is 0 Å². The first kappa shape index (κ1) is 13.0. The summed E-state index contributed by atoms with van der Waals surface area (Å²) in [5.41, 5.74) is 7.58. The lowest BCUT2D eigenvalue weighted by Gasteiger charge is -2.17. The molecule has 0 aliphatic carbocycles. The molecule has 0 bridgehead atoms. The highest BCUT2D eigenvalue weighted by atomic mass is 16.5. The van der Waals surface area contributed by atoms with E-state index in [2.05, 4.69) is 17.0 Å². The Morgan fingerprint density at radius 1 is 1.45 bits per heavy atom. The van der Waals surface area contributed by atoms with E-state index in [1.54, 1.807) is 0 Å². The van der Waals surface area contributed by atoms with Crippen LogP contribution in [0.3, 0.4) is 0 Å². The highest BCUT2D eigenvalue weighted by Gasteiger charge is 2.19. The van der Waals surface area contributed by atoms with Gasteiger partial charge in [-0.25, -0.2) is 9.67 Å². The average molecular weight is 272 g/mol. The Morgan fingerprint density at radius 2 is 2.30 bits per heavy atom. The first-order valence-corrected chi connectivity index (χ1v) is 7.13. The minimum absolute atomic E-state index is 0.610. The Labute approximate surface area is 118 Å². The molecule has 0 fully saturated rings. The topological polar surface area (TPSA) is 66.0 Å². The van der Waals surface area contributed by atoms with Crippen LogP contribution in [0.1, 0.15) is 26.1 Å². The summed E-state index contributed by atoms with van der Waals surface area (Å²) in [5.74, 6) is 3.21. The number of anilines is 1. The van der Waals surface area contributed by atoms with Crippen LogP contribution in [0.25, 0.3) is 11.4 Å². The summed E-state index contributed by atoms with van der Waals surface area (Å²) >= 11 is 0. The largest absolute Gasteiger partial charge is 0.492 e. The van der Waals surface area contributed by atoms with Gasteiger partial charge in [0, 0.05) is 18.5 Å². The number of aromatic nitrogens is 3. The van der Waals surface area contributed by atoms with Crippen LogP contribution in [0.4, 0.5) is 5.69 Å². The third-order valence-corrected chi connectivity index (χ3v) is 3.66. The fraction of sp³-hybridized carbons (Fsp3) is 0.467. The van der Waals surface area contributed by atoms with E-state index in [9.17, 15) is 0 Å². The van der Waals surface area contributed by atoms with Gasteiger partial charge < -0.3 is 10.5 Å². The molecular formula is C15H20N4O. The molecular weight excluding hydrogens is 252 g/mol. The molecule has 106 valence electrons. The first-order chi connectivity index (χ1) is 9.67. The van der Waals surface area contributed by atoms with Crippen LogP contribution in [-0.4, -0.2) is 21.4 Å². The molecule has 2 aromatic rings. The van der Waals surface area contributed by atoms with Crippen LogP contribution in [0.15, 0.2) is 18.2 Å². The fourth-order valence-electron chi connectivity index (χ4n) is 2.56. The van der Waals surface area contributed by atoms with Crippen molar-refractivity contribution < 1.29 is 4.74 Å². The summed E-state index contributed by atoms with van der Waals surface area (Å²) in [6.45, 7) is 5.76. The number of aryl methyl sites for hydroxylation is 1. The van der Waals surface area contributed by atoms with Gasteiger partial charge in [-0.05, 0) is 37.5 Å². The van der Waals surface area contributed by atoms with Crippen molar-refractivity contribution >= 4 is 5.69 Å². The number of rotatable bonds is 3. The predicted molar refractivity (Wildman–Crippen MR) is 78.5 cm³/mol. The number of fused-ring (bicyclic) bond motifs is 1. The van der Waals surface area contributed by atoms with E-state index < -0.39 is 0 Å². The van der Waals surface area contributed by atoms with Crippen molar-refractivity contribution in [2.75, 3.05) is 12.3 Å². The molecule has 0 saturated carbocycles. The summed E-state index contributed by atoms with van der Waals surface area (Å²) in [6.07, 6.45) is 2.18. The Bertz CT molecular complexity index is 620. The second-order valence-electron chi connectivity index (χ2n) is 5.36. The zero-order chi connectivity index (χ0) is 14.1. The molecule has 0 saturated heterocycles. The quantitative estimate of drug-likeness (QED) is 0.872. The normalized spacial score (nSPS) is 17.8. The number of hydrogen-bond donors (Lipinski definition) is 1. The Kier molecular flexibility index (Phi) is 3.34. The molecule has 1 aromatic carbocycles. The van der Waals surface area contributed by atoms with Gasteiger partial charge in [0.1, 0.15) is 11.6 Å². The molecule has 0 spiro atoms. The molecule has 0 radical (unpaired) electrons. The van der Waals surface area contributed by atoms with Crippen molar-refractivity contribution in [3.05, 3.63) is 24.0 Å². The molecule has 1 atom stereocenters. The predicted octanol–water partition coefficient (Wildman–Crippen LogP) is 2.51. The number of benzene rings is 1. The molecule has 1 unspecified atom stereocenters. The second kappa shape index (κ2) is 5.15. The molecule has 1 aromatic heterocycles. The average Bonchev–Trinajstić information content (AvgIpc) is 2.84. The molecule has 3 rings (SSSR count). The maximum absolute atomic E-state index is 6.00. The summed E-state index contributed by atoms with van der Waals surface area (Å²) in [7, 11) is 0. The standard InChI is InChI=1S/C15H20N4O/c1-3-20-13-6-5-11(8-12(13)16)15-17-14-7-4-10(2)9-19(14)18-15/h5-6,8,10H,3-4,7,9,16H2,1-2H3. The molecule has 1 aliphatic rings. The summed E-state index contributed by atoms with van der Waals surface area (Å²) in [4.78, 5) is 4.63. The van der Waals surface area contributed by atoms with E-state index in [0.717, 1.165) is 30.2 Å². The third kappa shape index (κ3) is 2.35. The zero-order valence-corrected chi connectivity index (χ0v) is 12.0. The van der Waals surface area contributed by atoms with Gasteiger partial charge in [0.2, 0.25) is 0 Å². The number of nitrogen functional groups attached to an aromatic ring is 1. The number of ether oxygens (including phenoxy) is 1. The van der Waals surface area contributed by atoms with Gasteiger partial charge >= 0.3 is 0 Å². The van der Waals surface area contributed by atoms with Gasteiger partial charge in [-0.2, -0.15) is 5.10 Å². The highest BCUT2D eigenvalue weighted by molar-refractivity contribution is 5.66. The summed E-state index contributed by atoms with van der Waals surface area (Å²) in [5, 5.41) is 4.60. The molecule has 0 amide bonds. The van der Waals surface area contributed by atoms with Gasteiger partial charge in [-0.1, -0.05) is 6.92 Å². The first-order valence-electron chi connectivity index (χ1n) is 7.13. The fourth-order valence-corrected chi connectivity index (χ4v) is 2.56. The minimum atomic E-state index is 0.610. The van der Waals surface area contributed by atoms with Crippen molar-refractivity contribution in [2.45, 2.75) is 33.2 Å². The molecule has 2 heterocycles. The SMILES string of the molecule is CCOc1ccc(-c2nc3n(n2)CC(C)CC3)cc1N. The van der Waals surface area contributed by atoms with Gasteiger partial charge in [0.15, 0.2) is 5.82 Å². The van der Waals surface area contributed by atoms with Crippen molar-refractivity contribution in [3.8, 4) is 17.1 Å². The number of nitrogens with two attached hydrogens (primary N) is 1. The lowest BCUT2D eigenvalue weighted by molar-refractivity contribution is 0.342. The smallest absolute Gasteiger partial charge is 0.181 e. The Morgan fingerprint density at radius 3 is 3.05 bits per heavy atom.